The molecule has 3 amide bonds. The van der Waals surface area contributed by atoms with Gasteiger partial charge in [0.25, 0.3) is 5.91 Å². The molecule has 6 nitrogen and oxygen atoms in total. The van der Waals surface area contributed by atoms with Gasteiger partial charge in [0.1, 0.15) is 16.4 Å². The van der Waals surface area contributed by atoms with Gasteiger partial charge in [0.2, 0.25) is 0 Å². The summed E-state index contributed by atoms with van der Waals surface area (Å²) in [5.74, 6) is -0.748. The third-order valence-corrected chi connectivity index (χ3v) is 4.40. The molecule has 2 N–H and O–H groups in total. The van der Waals surface area contributed by atoms with Gasteiger partial charge in [-0.05, 0) is 23.6 Å². The summed E-state index contributed by atoms with van der Waals surface area (Å²) >= 11 is 17.4. The van der Waals surface area contributed by atoms with E-state index >= 15 is 0 Å². The smallest absolute Gasteiger partial charge is 0.306 e. The number of carbonyl (C=O) groups is 2. The van der Waals surface area contributed by atoms with Crippen LogP contribution in [0.5, 0.6) is 0 Å². The lowest BCUT2D eigenvalue weighted by molar-refractivity contribution is 0.0967. The van der Waals surface area contributed by atoms with Crippen LogP contribution in [0.25, 0.3) is 0 Å². The van der Waals surface area contributed by atoms with Gasteiger partial charge in [-0.25, -0.2) is 9.78 Å². The van der Waals surface area contributed by atoms with E-state index in [4.69, 9.17) is 34.8 Å². The molecule has 0 aliphatic heterocycles. The Balaban J connectivity index is 2.24. The number of benzene rings is 1. The van der Waals surface area contributed by atoms with Crippen LogP contribution in [-0.4, -0.2) is 16.9 Å². The van der Waals surface area contributed by atoms with E-state index < -0.39 is 11.9 Å². The number of hydrogen-bond acceptors (Lipinski definition) is 4. The fourth-order valence-electron chi connectivity index (χ4n) is 2.20. The fraction of sp³-hybridized carbons (Fsp3) is 0.176. The normalized spacial score (nSPS) is 10.3. The van der Waals surface area contributed by atoms with Crippen molar-refractivity contribution >= 4 is 52.4 Å². The number of hydrogen-bond donors (Lipinski definition) is 2. The average Bonchev–Trinajstić information content (AvgIpc) is 2.57. The minimum absolute atomic E-state index is 0.0264. The zero-order valence-corrected chi connectivity index (χ0v) is 16.0. The van der Waals surface area contributed by atoms with Gasteiger partial charge in [-0.3, -0.25) is 10.1 Å². The first-order valence-corrected chi connectivity index (χ1v) is 8.54. The molecule has 0 saturated carbocycles. The molecule has 0 aliphatic rings. The maximum atomic E-state index is 12.2. The van der Waals surface area contributed by atoms with Crippen molar-refractivity contribution in [2.45, 2.75) is 19.8 Å². The number of nitriles is 1. The molecule has 9 heteroatoms. The Morgan fingerprint density at radius 1 is 1.19 bits per heavy atom. The van der Waals surface area contributed by atoms with Crippen LogP contribution >= 0.6 is 34.8 Å². The van der Waals surface area contributed by atoms with Crippen molar-refractivity contribution < 1.29 is 9.59 Å². The summed E-state index contributed by atoms with van der Waals surface area (Å²) in [4.78, 5) is 28.2. The first-order chi connectivity index (χ1) is 12.2. The molecule has 0 radical (unpaired) electrons. The second kappa shape index (κ2) is 8.37. The average molecular weight is 412 g/mol. The Morgan fingerprint density at radius 3 is 2.50 bits per heavy atom. The molecular formula is C17H13Cl3N4O2. The molecule has 134 valence electrons. The summed E-state index contributed by atoms with van der Waals surface area (Å²) in [5.41, 5.74) is 1.29. The number of nitrogens with zero attached hydrogens (tertiary/aromatic N) is 2. The first kappa shape index (κ1) is 20.0. The highest BCUT2D eigenvalue weighted by Gasteiger charge is 2.19. The molecule has 0 bridgehead atoms. The summed E-state index contributed by atoms with van der Waals surface area (Å²) in [5, 5.41) is 13.7. The predicted molar refractivity (Wildman–Crippen MR) is 101 cm³/mol. The lowest BCUT2D eigenvalue weighted by Gasteiger charge is -2.15. The molecular weight excluding hydrogens is 399 g/mol. The van der Waals surface area contributed by atoms with Crippen molar-refractivity contribution in [2.75, 3.05) is 5.32 Å². The zero-order chi connectivity index (χ0) is 19.4. The van der Waals surface area contributed by atoms with Crippen molar-refractivity contribution in [3.05, 3.63) is 56.3 Å². The van der Waals surface area contributed by atoms with E-state index in [9.17, 15) is 14.9 Å². The topological polar surface area (TPSA) is 94.9 Å². The molecule has 26 heavy (non-hydrogen) atoms. The molecule has 0 unspecified atom stereocenters. The van der Waals surface area contributed by atoms with E-state index in [1.165, 1.54) is 6.07 Å². The second-order valence-electron chi connectivity index (χ2n) is 5.54. The van der Waals surface area contributed by atoms with Crippen LogP contribution in [0.4, 0.5) is 10.5 Å². The number of amides is 3. The summed E-state index contributed by atoms with van der Waals surface area (Å²) in [6.07, 6.45) is 0. The van der Waals surface area contributed by atoms with Gasteiger partial charge < -0.3 is 5.32 Å². The second-order valence-corrected chi connectivity index (χ2v) is 6.67. The molecule has 0 atom stereocenters. The van der Waals surface area contributed by atoms with E-state index in [2.05, 4.69) is 15.6 Å². The Morgan fingerprint density at radius 2 is 1.88 bits per heavy atom. The maximum Gasteiger partial charge on any atom is 0.326 e. The molecule has 0 saturated heterocycles. The number of para-hydroxylation sites is 1. The van der Waals surface area contributed by atoms with Crippen molar-refractivity contribution in [1.29, 1.82) is 5.26 Å². The summed E-state index contributed by atoms with van der Waals surface area (Å²) in [7, 11) is 0. The van der Waals surface area contributed by atoms with Gasteiger partial charge in [-0.2, -0.15) is 5.26 Å². The third-order valence-electron chi connectivity index (χ3n) is 3.44. The Labute approximate surface area is 165 Å². The summed E-state index contributed by atoms with van der Waals surface area (Å²) < 4.78 is 0. The number of nitrogens with one attached hydrogen (secondary N) is 2. The van der Waals surface area contributed by atoms with Crippen molar-refractivity contribution in [3.8, 4) is 6.07 Å². The van der Waals surface area contributed by atoms with Gasteiger partial charge >= 0.3 is 6.03 Å². The standard InChI is InChI=1S/C17H13Cl3N4O2/c1-8(2)10-5-3-4-9(7-21)13(10)22-17(26)24-16(25)11-6-12(18)15(20)23-14(11)19/h3-6,8H,1-2H3,(H2,22,24,25,26). The molecule has 0 aliphatic carbocycles. The third kappa shape index (κ3) is 4.44. The van der Waals surface area contributed by atoms with Crippen LogP contribution in [0.3, 0.4) is 0 Å². The number of aromatic nitrogens is 1. The van der Waals surface area contributed by atoms with Crippen molar-refractivity contribution in [3.63, 3.8) is 0 Å². The van der Waals surface area contributed by atoms with Crippen LogP contribution < -0.4 is 10.6 Å². The maximum absolute atomic E-state index is 12.2. The van der Waals surface area contributed by atoms with E-state index in [1.807, 2.05) is 19.9 Å². The van der Waals surface area contributed by atoms with Crippen molar-refractivity contribution in [1.82, 2.24) is 10.3 Å². The molecule has 1 heterocycles. The Hall–Kier alpha value is -2.33. The molecule has 0 fully saturated rings. The minimum Gasteiger partial charge on any atom is -0.306 e. The fourth-order valence-corrected chi connectivity index (χ4v) is 2.76. The van der Waals surface area contributed by atoms with E-state index in [0.717, 1.165) is 5.56 Å². The highest BCUT2D eigenvalue weighted by Crippen LogP contribution is 2.28. The van der Waals surface area contributed by atoms with E-state index in [0.29, 0.717) is 5.69 Å². The number of halogens is 3. The van der Waals surface area contributed by atoms with E-state index in [-0.39, 0.29) is 32.4 Å². The van der Waals surface area contributed by atoms with Gasteiger partial charge in [0.15, 0.2) is 0 Å². The van der Waals surface area contributed by atoms with E-state index in [1.54, 1.807) is 18.2 Å². The van der Waals surface area contributed by atoms with Gasteiger partial charge in [-0.15, -0.1) is 0 Å². The number of anilines is 1. The Bertz CT molecular complexity index is 923. The lowest BCUT2D eigenvalue weighted by Crippen LogP contribution is -2.35. The van der Waals surface area contributed by atoms with Gasteiger partial charge in [0.05, 0.1) is 21.8 Å². The highest BCUT2D eigenvalue weighted by atomic mass is 35.5. The molecule has 1 aromatic heterocycles. The number of imide groups is 1. The number of rotatable bonds is 3. The number of urea groups is 1. The quantitative estimate of drug-likeness (QED) is 0.695. The first-order valence-electron chi connectivity index (χ1n) is 7.41. The van der Waals surface area contributed by atoms with Gasteiger partial charge in [-0.1, -0.05) is 60.8 Å². The number of carbonyl (C=O) groups excluding carboxylic acids is 2. The lowest BCUT2D eigenvalue weighted by atomic mass is 9.98. The predicted octanol–water partition coefficient (Wildman–Crippen LogP) is 5.00. The largest absolute Gasteiger partial charge is 0.326 e. The molecule has 2 aromatic rings. The van der Waals surface area contributed by atoms with Crippen LogP contribution in [0.2, 0.25) is 15.3 Å². The molecule has 1 aromatic carbocycles. The zero-order valence-electron chi connectivity index (χ0n) is 13.7. The van der Waals surface area contributed by atoms with Crippen molar-refractivity contribution in [2.24, 2.45) is 0 Å². The van der Waals surface area contributed by atoms with Gasteiger partial charge in [0, 0.05) is 0 Å². The van der Waals surface area contributed by atoms with Crippen LogP contribution in [0.1, 0.15) is 41.3 Å². The summed E-state index contributed by atoms with van der Waals surface area (Å²) in [6, 6.07) is 7.50. The minimum atomic E-state index is -0.818. The summed E-state index contributed by atoms with van der Waals surface area (Å²) in [6.45, 7) is 3.84. The monoisotopic (exact) mass is 410 g/mol. The highest BCUT2D eigenvalue weighted by molar-refractivity contribution is 6.42. The van der Waals surface area contributed by atoms with Crippen LogP contribution in [0.15, 0.2) is 24.3 Å². The van der Waals surface area contributed by atoms with Crippen LogP contribution in [-0.2, 0) is 0 Å². The Kier molecular flexibility index (Phi) is 6.43. The molecule has 0 spiro atoms. The van der Waals surface area contributed by atoms with Crippen LogP contribution in [0, 0.1) is 11.3 Å². The SMILES string of the molecule is CC(C)c1cccc(C#N)c1NC(=O)NC(=O)c1cc(Cl)c(Cl)nc1Cl. The molecule has 2 rings (SSSR count). The number of pyridine rings is 1.